The van der Waals surface area contributed by atoms with E-state index in [-0.39, 0.29) is 13.0 Å². The highest BCUT2D eigenvalue weighted by atomic mass is 16.6. The Labute approximate surface area is 185 Å². The van der Waals surface area contributed by atoms with Crippen molar-refractivity contribution >= 4 is 29.5 Å². The maximum absolute atomic E-state index is 13.1. The number of hydrogen-bond acceptors (Lipinski definition) is 7. The normalized spacial score (nSPS) is 11.8. The second-order valence-electron chi connectivity index (χ2n) is 6.66. The predicted molar refractivity (Wildman–Crippen MR) is 119 cm³/mol. The molecule has 9 heteroatoms. The van der Waals surface area contributed by atoms with Gasteiger partial charge in [0.1, 0.15) is 12.6 Å². The van der Waals surface area contributed by atoms with E-state index in [2.05, 4.69) is 17.1 Å². The number of nitrogens with zero attached hydrogens (tertiary/aromatic N) is 2. The second kappa shape index (κ2) is 11.9. The maximum atomic E-state index is 13.1. The Hall–Kier alpha value is -4.14. The Morgan fingerprint density at radius 3 is 2.38 bits per heavy atom. The molecular formula is C23H25N3O6. The molecule has 3 amide bonds. The van der Waals surface area contributed by atoms with Crippen LogP contribution in [0, 0.1) is 0 Å². The van der Waals surface area contributed by atoms with Crippen molar-refractivity contribution in [3.63, 3.8) is 0 Å². The molecule has 0 heterocycles. The lowest BCUT2D eigenvalue weighted by Crippen LogP contribution is -2.52. The van der Waals surface area contributed by atoms with Crippen molar-refractivity contribution in [3.8, 4) is 0 Å². The molecule has 9 nitrogen and oxygen atoms in total. The van der Waals surface area contributed by atoms with Crippen molar-refractivity contribution in [1.29, 1.82) is 0 Å². The molecule has 1 unspecified atom stereocenters. The number of anilines is 1. The van der Waals surface area contributed by atoms with Crippen LogP contribution in [0.5, 0.6) is 0 Å². The van der Waals surface area contributed by atoms with Gasteiger partial charge in [-0.25, -0.2) is 19.3 Å². The van der Waals surface area contributed by atoms with Crippen molar-refractivity contribution in [2.45, 2.75) is 19.4 Å². The van der Waals surface area contributed by atoms with E-state index in [1.165, 1.54) is 13.2 Å². The summed E-state index contributed by atoms with van der Waals surface area (Å²) in [4.78, 5) is 39.0. The molecule has 0 radical (unpaired) electrons. The molecule has 0 fully saturated rings. The molecule has 0 spiro atoms. The second-order valence-corrected chi connectivity index (χ2v) is 6.66. The maximum Gasteiger partial charge on any atom is 0.419 e. The predicted octanol–water partition coefficient (Wildman–Crippen LogP) is 3.83. The summed E-state index contributed by atoms with van der Waals surface area (Å²) in [5.41, 5.74) is 2.12. The van der Waals surface area contributed by atoms with Crippen LogP contribution in [-0.4, -0.2) is 53.7 Å². The highest BCUT2D eigenvalue weighted by molar-refractivity contribution is 6.03. The molecule has 0 saturated carbocycles. The van der Waals surface area contributed by atoms with Gasteiger partial charge in [0.2, 0.25) is 0 Å². The summed E-state index contributed by atoms with van der Waals surface area (Å²) in [6, 6.07) is 13.2. The van der Waals surface area contributed by atoms with Crippen molar-refractivity contribution in [2.75, 3.05) is 19.0 Å². The van der Waals surface area contributed by atoms with Crippen LogP contribution in [0.3, 0.4) is 0 Å². The Kier molecular flexibility index (Phi) is 8.97. The van der Waals surface area contributed by atoms with Crippen molar-refractivity contribution < 1.29 is 29.1 Å². The van der Waals surface area contributed by atoms with Crippen LogP contribution >= 0.6 is 0 Å². The molecule has 0 bridgehead atoms. The molecule has 0 aliphatic carbocycles. The third-order valence-corrected chi connectivity index (χ3v) is 4.50. The monoisotopic (exact) mass is 439 g/mol. The van der Waals surface area contributed by atoms with Gasteiger partial charge in [-0.2, -0.15) is 0 Å². The lowest BCUT2D eigenvalue weighted by molar-refractivity contribution is -0.145. The fourth-order valence-corrected chi connectivity index (χ4v) is 2.84. The van der Waals surface area contributed by atoms with Gasteiger partial charge in [-0.1, -0.05) is 60.3 Å². The number of rotatable bonds is 8. The summed E-state index contributed by atoms with van der Waals surface area (Å²) in [6.45, 7) is 4.96. The molecule has 168 valence electrons. The molecule has 2 rings (SSSR count). The van der Waals surface area contributed by atoms with Gasteiger partial charge in [-0.3, -0.25) is 0 Å². The Balaban J connectivity index is 2.34. The molecule has 2 N–H and O–H groups in total. The Morgan fingerprint density at radius 2 is 1.81 bits per heavy atom. The molecule has 0 aromatic heterocycles. The molecule has 0 aliphatic rings. The molecule has 0 aliphatic heterocycles. The van der Waals surface area contributed by atoms with Crippen LogP contribution in [-0.2, 0) is 20.7 Å². The summed E-state index contributed by atoms with van der Waals surface area (Å²) in [5.74, 6) is -0.773. The Bertz CT molecular complexity index is 973. The van der Waals surface area contributed by atoms with E-state index < -0.39 is 24.1 Å². The van der Waals surface area contributed by atoms with Gasteiger partial charge in [0.25, 0.3) is 0 Å². The van der Waals surface area contributed by atoms with Gasteiger partial charge in [-0.15, -0.1) is 0 Å². The van der Waals surface area contributed by atoms with Crippen LogP contribution in [0.1, 0.15) is 18.1 Å². The number of imide groups is 1. The SMILES string of the molecule is C=CCOC(=O)N(C(=O)Nc1ccc(/C(C)=N/O)cc1)C(Cc1ccccc1)C(=O)OC. The summed E-state index contributed by atoms with van der Waals surface area (Å²) < 4.78 is 9.90. The number of urea groups is 1. The van der Waals surface area contributed by atoms with Crippen LogP contribution in [0.4, 0.5) is 15.3 Å². The largest absolute Gasteiger partial charge is 0.467 e. The van der Waals surface area contributed by atoms with Crippen LogP contribution in [0.15, 0.2) is 72.4 Å². The van der Waals surface area contributed by atoms with Crippen molar-refractivity contribution in [3.05, 3.63) is 78.4 Å². The average molecular weight is 439 g/mol. The van der Waals surface area contributed by atoms with Crippen molar-refractivity contribution in [1.82, 2.24) is 4.90 Å². The van der Waals surface area contributed by atoms with Gasteiger partial charge in [0.05, 0.1) is 12.8 Å². The van der Waals surface area contributed by atoms with Gasteiger partial charge < -0.3 is 20.0 Å². The van der Waals surface area contributed by atoms with Crippen molar-refractivity contribution in [2.24, 2.45) is 5.16 Å². The molecule has 1 atom stereocenters. The van der Waals surface area contributed by atoms with E-state index in [1.54, 1.807) is 55.5 Å². The van der Waals surface area contributed by atoms with E-state index in [9.17, 15) is 14.4 Å². The Morgan fingerprint density at radius 1 is 1.16 bits per heavy atom. The standard InChI is InChI=1S/C23H25N3O6/c1-4-14-32-23(29)26(20(21(27)31-3)15-17-8-6-5-7-9-17)22(28)24-19-12-10-18(11-13-19)16(2)25-30/h4-13,20,30H,1,14-15H2,2-3H3,(H,24,28)/b25-16+. The third kappa shape index (κ3) is 6.43. The number of oxime groups is 1. The first-order valence-corrected chi connectivity index (χ1v) is 9.70. The summed E-state index contributed by atoms with van der Waals surface area (Å²) >= 11 is 0. The van der Waals surface area contributed by atoms with Gasteiger partial charge in [0.15, 0.2) is 0 Å². The molecule has 32 heavy (non-hydrogen) atoms. The zero-order chi connectivity index (χ0) is 23.5. The van der Waals surface area contributed by atoms with E-state index in [1.807, 2.05) is 6.07 Å². The highest BCUT2D eigenvalue weighted by Crippen LogP contribution is 2.17. The number of hydrogen-bond donors (Lipinski definition) is 2. The first-order chi connectivity index (χ1) is 15.4. The lowest BCUT2D eigenvalue weighted by Gasteiger charge is -2.27. The molecule has 2 aromatic carbocycles. The average Bonchev–Trinajstić information content (AvgIpc) is 2.82. The first-order valence-electron chi connectivity index (χ1n) is 9.70. The zero-order valence-corrected chi connectivity index (χ0v) is 17.9. The topological polar surface area (TPSA) is 118 Å². The minimum Gasteiger partial charge on any atom is -0.467 e. The number of amides is 3. The van der Waals surface area contributed by atoms with Gasteiger partial charge in [0, 0.05) is 12.1 Å². The lowest BCUT2D eigenvalue weighted by atomic mass is 10.1. The highest BCUT2D eigenvalue weighted by Gasteiger charge is 2.37. The van der Waals surface area contributed by atoms with Gasteiger partial charge >= 0.3 is 18.1 Å². The summed E-state index contributed by atoms with van der Waals surface area (Å²) in [5, 5.41) is 14.6. The molecular weight excluding hydrogens is 414 g/mol. The number of carbonyl (C=O) groups excluding carboxylic acids is 3. The first kappa shape index (κ1) is 24.1. The van der Waals surface area contributed by atoms with E-state index in [4.69, 9.17) is 14.7 Å². The molecule has 0 saturated heterocycles. The number of ether oxygens (including phenoxy) is 2. The number of methoxy groups -OCH3 is 1. The number of carbonyl (C=O) groups is 3. The zero-order valence-electron chi connectivity index (χ0n) is 17.9. The summed E-state index contributed by atoms with van der Waals surface area (Å²) in [7, 11) is 1.18. The van der Waals surface area contributed by atoms with Crippen LogP contribution in [0.25, 0.3) is 0 Å². The van der Waals surface area contributed by atoms with Gasteiger partial charge in [-0.05, 0) is 30.2 Å². The quantitative estimate of drug-likeness (QED) is 0.212. The number of benzene rings is 2. The minimum atomic E-state index is -1.26. The van der Waals surface area contributed by atoms with E-state index in [0.717, 1.165) is 5.56 Å². The van der Waals surface area contributed by atoms with E-state index >= 15 is 0 Å². The number of nitrogens with one attached hydrogen (secondary N) is 1. The smallest absolute Gasteiger partial charge is 0.419 e. The summed E-state index contributed by atoms with van der Waals surface area (Å²) in [6.07, 6.45) is 0.366. The van der Waals surface area contributed by atoms with Crippen LogP contribution in [0.2, 0.25) is 0 Å². The van der Waals surface area contributed by atoms with Crippen LogP contribution < -0.4 is 5.32 Å². The fraction of sp³-hybridized carbons (Fsp3) is 0.217. The number of esters is 1. The fourth-order valence-electron chi connectivity index (χ4n) is 2.84. The minimum absolute atomic E-state index is 0.0369. The third-order valence-electron chi connectivity index (χ3n) is 4.50. The van der Waals surface area contributed by atoms with E-state index in [0.29, 0.717) is 21.9 Å². The molecule has 2 aromatic rings.